The molecule has 0 aliphatic heterocycles. The van der Waals surface area contributed by atoms with Crippen molar-refractivity contribution in [3.8, 4) is 0 Å². The summed E-state index contributed by atoms with van der Waals surface area (Å²) in [4.78, 5) is 0. The topological polar surface area (TPSA) is 138 Å². The van der Waals surface area contributed by atoms with E-state index in [-0.39, 0.29) is 31.0 Å². The Morgan fingerprint density at radius 3 is 1.47 bits per heavy atom. The molecule has 11 heteroatoms. The van der Waals surface area contributed by atoms with Crippen molar-refractivity contribution in [3.63, 3.8) is 0 Å². The van der Waals surface area contributed by atoms with Gasteiger partial charge in [0.15, 0.2) is 0 Å². The second-order valence-electron chi connectivity index (χ2n) is 7.74. The number of unbranched alkanes of at least 4 members (excludes halogenated alkanes) is 11. The zero-order valence-electron chi connectivity index (χ0n) is 19.8. The van der Waals surface area contributed by atoms with Crippen LogP contribution in [0.1, 0.15) is 98.7 Å². The summed E-state index contributed by atoms with van der Waals surface area (Å²) < 4.78 is 65.8. The van der Waals surface area contributed by atoms with Crippen LogP contribution in [0.25, 0.3) is 0 Å². The van der Waals surface area contributed by atoms with Gasteiger partial charge < -0.3 is 11.3 Å². The van der Waals surface area contributed by atoms with Crippen LogP contribution in [0.3, 0.4) is 0 Å². The van der Waals surface area contributed by atoms with Gasteiger partial charge in [-0.25, -0.2) is 0 Å². The van der Waals surface area contributed by atoms with Gasteiger partial charge in [-0.1, -0.05) is 84.0 Å². The predicted octanol–water partition coefficient (Wildman–Crippen LogP) is 1.06. The number of rotatable bonds is 19. The van der Waals surface area contributed by atoms with Crippen LogP contribution in [0.4, 0.5) is 0 Å². The van der Waals surface area contributed by atoms with Gasteiger partial charge in [0, 0.05) is 0 Å². The van der Waals surface area contributed by atoms with Gasteiger partial charge in [-0.15, -0.1) is 0 Å². The van der Waals surface area contributed by atoms with Crippen molar-refractivity contribution in [2.24, 2.45) is 0 Å². The van der Waals surface area contributed by atoms with E-state index in [0.717, 1.165) is 25.7 Å². The molecule has 0 amide bonds. The number of hydrogen-bond donors (Lipinski definition) is 3. The van der Waals surface area contributed by atoms with Crippen LogP contribution in [0.5, 0.6) is 0 Å². The summed E-state index contributed by atoms with van der Waals surface area (Å²) in [6.45, 7) is 2.88. The van der Waals surface area contributed by atoms with Crippen LogP contribution < -0.4 is 29.6 Å². The fourth-order valence-electron chi connectivity index (χ4n) is 3.37. The van der Waals surface area contributed by atoms with E-state index in [0.29, 0.717) is 6.42 Å². The average Bonchev–Trinajstić information content (AvgIpc) is 2.59. The molecule has 2 unspecified atom stereocenters. The Bertz CT molecular complexity index is 584. The summed E-state index contributed by atoms with van der Waals surface area (Å²) in [5.41, 5.74) is 0. The van der Waals surface area contributed by atoms with Crippen molar-refractivity contribution < 1.29 is 66.8 Å². The van der Waals surface area contributed by atoms with Crippen molar-refractivity contribution in [3.05, 3.63) is 0 Å². The van der Waals surface area contributed by atoms with Crippen molar-refractivity contribution in [2.45, 2.75) is 114 Å². The molecule has 0 bridgehead atoms. The molecule has 0 aliphatic carbocycles. The Morgan fingerprint density at radius 1 is 0.767 bits per heavy atom. The molecule has 30 heavy (non-hydrogen) atoms. The molecule has 0 saturated heterocycles. The molecule has 0 aromatic heterocycles. The number of hydrogen-bond acceptors (Lipinski definition) is 6. The van der Waals surface area contributed by atoms with Crippen molar-refractivity contribution in [1.29, 1.82) is 0 Å². The summed E-state index contributed by atoms with van der Waals surface area (Å²) in [7, 11) is -10.3. The Morgan fingerprint density at radius 2 is 1.13 bits per heavy atom. The maximum atomic E-state index is 11.3. The summed E-state index contributed by atoms with van der Waals surface area (Å²) in [6.07, 6.45) is 12.7. The van der Waals surface area contributed by atoms with Crippen LogP contribution in [-0.2, 0) is 25.0 Å². The molecule has 0 rings (SSSR count). The van der Waals surface area contributed by atoms with Crippen LogP contribution in [0, 0.1) is 0 Å². The van der Waals surface area contributed by atoms with Gasteiger partial charge >= 0.3 is 29.6 Å². The fourth-order valence-corrected chi connectivity index (χ4v) is 5.67. The Balaban J connectivity index is -0.00000392. The quantitative estimate of drug-likeness (QED) is 0.141. The minimum absolute atomic E-state index is 0. The molecule has 2 atom stereocenters. The van der Waals surface area contributed by atoms with E-state index in [2.05, 4.69) is 6.92 Å². The summed E-state index contributed by atoms with van der Waals surface area (Å²) in [5, 5.41) is 9.27. The van der Waals surface area contributed by atoms with Gasteiger partial charge in [0.1, 0.15) is 6.10 Å². The summed E-state index contributed by atoms with van der Waals surface area (Å²) in [5.74, 6) is 0. The fraction of sp³-hybridized carbons (Fsp3) is 1.00. The van der Waals surface area contributed by atoms with E-state index in [4.69, 9.17) is 13.8 Å². The van der Waals surface area contributed by atoms with Gasteiger partial charge in [0.25, 0.3) is 20.2 Å². The molecule has 0 saturated carbocycles. The molecular formula is C19H41NaO8S2. The van der Waals surface area contributed by atoms with Crippen LogP contribution in [0.15, 0.2) is 0 Å². The van der Waals surface area contributed by atoms with Crippen molar-refractivity contribution >= 4 is 20.2 Å². The van der Waals surface area contributed by atoms with E-state index < -0.39 is 43.6 Å². The summed E-state index contributed by atoms with van der Waals surface area (Å²) in [6, 6.07) is 0. The molecule has 8 nitrogen and oxygen atoms in total. The zero-order valence-corrected chi connectivity index (χ0v) is 22.5. The molecule has 0 aromatic carbocycles. The standard InChI is InChI=1S/C19H40O8S2.Na.H/c1-3-4-5-6-7-8-9-10-11-12-13-14-15-17(2)27-18(16-20)19(28(21,22)23)29(24,25)26;;/h17-20H,3-16H2,1-2H3,(H,21,22,23)(H,24,25,26);;/q;+1;-1. The first-order chi connectivity index (χ1) is 13.5. The third-order valence-corrected chi connectivity index (χ3v) is 8.18. The van der Waals surface area contributed by atoms with Crippen molar-refractivity contribution in [2.75, 3.05) is 6.61 Å². The molecule has 0 heterocycles. The Labute approximate surface area is 206 Å². The molecule has 0 spiro atoms. The van der Waals surface area contributed by atoms with E-state index in [9.17, 15) is 21.9 Å². The molecule has 0 radical (unpaired) electrons. The third-order valence-electron chi connectivity index (χ3n) is 4.94. The Kier molecular flexibility index (Phi) is 20.0. The maximum absolute atomic E-state index is 11.3. The molecule has 178 valence electrons. The van der Waals surface area contributed by atoms with Gasteiger partial charge in [-0.05, 0) is 13.3 Å². The van der Waals surface area contributed by atoms with Gasteiger partial charge in [0.2, 0.25) is 4.58 Å². The first-order valence-electron chi connectivity index (χ1n) is 10.7. The SMILES string of the molecule is CCCCCCCCCCCCCCC(C)OC(CO)C(S(=O)(=O)O)S(=O)(=O)O.[H-].[Na+]. The van der Waals surface area contributed by atoms with Gasteiger partial charge in [-0.2, -0.15) is 16.8 Å². The summed E-state index contributed by atoms with van der Waals surface area (Å²) >= 11 is 0. The molecule has 3 N–H and O–H groups in total. The van der Waals surface area contributed by atoms with E-state index in [1.165, 1.54) is 51.4 Å². The average molecular weight is 485 g/mol. The number of ether oxygens (including phenoxy) is 1. The molecular weight excluding hydrogens is 443 g/mol. The smallest absolute Gasteiger partial charge is 1.00 e. The second kappa shape index (κ2) is 18.2. The van der Waals surface area contributed by atoms with Crippen LogP contribution in [-0.4, -0.2) is 54.4 Å². The molecule has 0 aromatic rings. The van der Waals surface area contributed by atoms with E-state index in [1.807, 2.05) is 0 Å². The first-order valence-corrected chi connectivity index (χ1v) is 13.7. The van der Waals surface area contributed by atoms with Gasteiger partial charge in [0.05, 0.1) is 12.7 Å². The zero-order chi connectivity index (χ0) is 22.3. The second-order valence-corrected chi connectivity index (χ2v) is 11.1. The van der Waals surface area contributed by atoms with Crippen molar-refractivity contribution in [1.82, 2.24) is 0 Å². The Hall–Kier alpha value is 0.740. The van der Waals surface area contributed by atoms with Crippen LogP contribution in [0.2, 0.25) is 0 Å². The maximum Gasteiger partial charge on any atom is 1.00 e. The molecule has 0 fully saturated rings. The number of aliphatic hydroxyl groups excluding tert-OH is 1. The minimum atomic E-state index is -5.15. The van der Waals surface area contributed by atoms with E-state index >= 15 is 0 Å². The third kappa shape index (κ3) is 16.4. The van der Waals surface area contributed by atoms with E-state index in [1.54, 1.807) is 6.92 Å². The van der Waals surface area contributed by atoms with Gasteiger partial charge in [-0.3, -0.25) is 9.11 Å². The molecule has 0 aliphatic rings. The predicted molar refractivity (Wildman–Crippen MR) is 115 cm³/mol. The van der Waals surface area contributed by atoms with Crippen LogP contribution >= 0.6 is 0 Å². The first kappa shape index (κ1) is 32.9. The minimum Gasteiger partial charge on any atom is -1.00 e. The monoisotopic (exact) mass is 484 g/mol. The normalized spacial score (nSPS) is 14.5. The largest absolute Gasteiger partial charge is 1.00 e. The number of aliphatic hydroxyl groups is 1.